The summed E-state index contributed by atoms with van der Waals surface area (Å²) in [6, 6.07) is 5.49. The van der Waals surface area contributed by atoms with E-state index in [2.05, 4.69) is 15.3 Å². The summed E-state index contributed by atoms with van der Waals surface area (Å²) >= 11 is 0. The molecule has 1 fully saturated rings. The highest BCUT2D eigenvalue weighted by Gasteiger charge is 2.49. The number of hydrogen-bond donors (Lipinski definition) is 3. The zero-order chi connectivity index (χ0) is 23.6. The van der Waals surface area contributed by atoms with Crippen molar-refractivity contribution >= 4 is 17.6 Å². The molecule has 32 heavy (non-hydrogen) atoms. The Labute approximate surface area is 183 Å². The lowest BCUT2D eigenvalue weighted by Crippen LogP contribution is -2.53. The van der Waals surface area contributed by atoms with Gasteiger partial charge < -0.3 is 19.9 Å². The van der Waals surface area contributed by atoms with E-state index < -0.39 is 46.0 Å². The second-order valence-corrected chi connectivity index (χ2v) is 7.86. The van der Waals surface area contributed by atoms with Crippen molar-refractivity contribution in [1.82, 2.24) is 25.1 Å². The third-order valence-corrected chi connectivity index (χ3v) is 5.32. The lowest BCUT2D eigenvalue weighted by atomic mass is 9.90. The van der Waals surface area contributed by atoms with Crippen molar-refractivity contribution in [1.29, 1.82) is 0 Å². The van der Waals surface area contributed by atoms with Gasteiger partial charge in [-0.15, -0.1) is 0 Å². The number of aromatic amines is 1. The van der Waals surface area contributed by atoms with Crippen molar-refractivity contribution in [2.24, 2.45) is 0 Å². The van der Waals surface area contributed by atoms with E-state index in [1.807, 2.05) is 0 Å². The highest BCUT2D eigenvalue weighted by Crippen LogP contribution is 2.31. The molecule has 1 aromatic heterocycles. The predicted molar refractivity (Wildman–Crippen MR) is 111 cm³/mol. The third-order valence-electron chi connectivity index (χ3n) is 5.32. The van der Waals surface area contributed by atoms with Crippen LogP contribution >= 0.6 is 0 Å². The molecule has 2 heterocycles. The molecule has 3 rings (SSSR count). The Bertz CT molecular complexity index is 1110. The van der Waals surface area contributed by atoms with E-state index in [1.54, 1.807) is 0 Å². The number of aromatic hydroxyl groups is 1. The number of hydrogen-bond acceptors (Lipinski definition) is 7. The van der Waals surface area contributed by atoms with Gasteiger partial charge in [0, 0.05) is 27.7 Å². The van der Waals surface area contributed by atoms with E-state index >= 15 is 0 Å². The first kappa shape index (κ1) is 23.1. The molecule has 1 saturated heterocycles. The Kier molecular flexibility index (Phi) is 6.40. The Hall–Kier alpha value is -3.60. The summed E-state index contributed by atoms with van der Waals surface area (Å²) in [5.74, 6) is -3.93. The minimum absolute atomic E-state index is 0.0593. The van der Waals surface area contributed by atoms with Crippen molar-refractivity contribution in [3.63, 3.8) is 0 Å². The normalized spacial score (nSPS) is 17.8. The first-order chi connectivity index (χ1) is 15.1. The Morgan fingerprint density at radius 3 is 2.41 bits per heavy atom. The Balaban J connectivity index is 2.00. The fourth-order valence-electron chi connectivity index (χ4n) is 3.57. The lowest BCUT2D eigenvalue weighted by Gasteiger charge is -2.28. The number of benzene rings is 1. The number of aromatic nitrogens is 2. The zero-order valence-electron chi connectivity index (χ0n) is 17.9. The molecule has 0 radical (unpaired) electrons. The number of carbonyl (C=O) groups is 3. The fraction of sp³-hybridized carbons (Fsp3) is 0.381. The summed E-state index contributed by atoms with van der Waals surface area (Å²) in [4.78, 5) is 59.5. The van der Waals surface area contributed by atoms with E-state index in [9.17, 15) is 28.7 Å². The number of Topliss-reactive ketones (excluding diaryl/α,β-unsaturated/α-hetero) is 1. The number of halogens is 1. The molecule has 3 N–H and O–H groups in total. The van der Waals surface area contributed by atoms with Crippen molar-refractivity contribution in [2.75, 3.05) is 27.7 Å². The number of rotatable bonds is 6. The molecule has 0 saturated carbocycles. The maximum Gasteiger partial charge on any atom is 0.294 e. The predicted octanol–water partition coefficient (Wildman–Crippen LogP) is 0.123. The summed E-state index contributed by atoms with van der Waals surface area (Å²) in [6.45, 7) is 0.453. The molecule has 0 unspecified atom stereocenters. The van der Waals surface area contributed by atoms with Crippen LogP contribution in [-0.4, -0.2) is 70.2 Å². The zero-order valence-corrected chi connectivity index (χ0v) is 17.9. The van der Waals surface area contributed by atoms with Gasteiger partial charge >= 0.3 is 0 Å². The fourth-order valence-corrected chi connectivity index (χ4v) is 3.57. The Morgan fingerprint density at radius 1 is 1.19 bits per heavy atom. The van der Waals surface area contributed by atoms with Crippen molar-refractivity contribution in [3.05, 3.63) is 57.5 Å². The van der Waals surface area contributed by atoms with Gasteiger partial charge in [0.15, 0.2) is 5.69 Å². The van der Waals surface area contributed by atoms with Crippen LogP contribution in [-0.2, 0) is 21.7 Å². The van der Waals surface area contributed by atoms with Crippen molar-refractivity contribution < 1.29 is 23.9 Å². The SMILES string of the molecule is CN(C)C(=O)C(=O)[C@@]1(c2nc(C(=O)N(C)Cc3ccc(F)cc3)c(O)c(=O)[nH]2)CCCN1. The highest BCUT2D eigenvalue weighted by molar-refractivity contribution is 6.39. The van der Waals surface area contributed by atoms with Gasteiger partial charge in [0.25, 0.3) is 17.4 Å². The number of ketones is 1. The van der Waals surface area contributed by atoms with Crippen LogP contribution in [0, 0.1) is 5.82 Å². The largest absolute Gasteiger partial charge is 0.501 e. The molecule has 0 bridgehead atoms. The van der Waals surface area contributed by atoms with Crippen LogP contribution in [0.4, 0.5) is 4.39 Å². The number of nitrogens with one attached hydrogen (secondary N) is 2. The average Bonchev–Trinajstić information content (AvgIpc) is 3.26. The quantitative estimate of drug-likeness (QED) is 0.538. The molecular formula is C21H24FN5O5. The standard InChI is InChI=1S/C21H24FN5O5/c1-26(2)19(32)16(29)21(9-4-10-23-21)20-24-14(15(28)17(30)25-20)18(31)27(3)11-12-5-7-13(22)8-6-12/h5-8,23,28H,4,9-11H2,1-3H3,(H,24,25,30)/t21-/m1/s1. The number of likely N-dealkylation sites (N-methyl/N-ethyl adjacent to an activating group) is 1. The second-order valence-electron chi connectivity index (χ2n) is 7.86. The molecule has 1 atom stereocenters. The minimum atomic E-state index is -1.61. The first-order valence-electron chi connectivity index (χ1n) is 9.91. The molecule has 0 aliphatic carbocycles. The summed E-state index contributed by atoms with van der Waals surface area (Å²) in [6.07, 6.45) is 0.711. The van der Waals surface area contributed by atoms with Gasteiger partial charge in [0.2, 0.25) is 11.5 Å². The smallest absolute Gasteiger partial charge is 0.294 e. The van der Waals surface area contributed by atoms with Crippen molar-refractivity contribution in [3.8, 4) is 5.75 Å². The Morgan fingerprint density at radius 2 is 1.84 bits per heavy atom. The molecule has 2 aromatic rings. The van der Waals surface area contributed by atoms with Gasteiger partial charge in [0.1, 0.15) is 17.2 Å². The summed E-state index contributed by atoms with van der Waals surface area (Å²) in [5.41, 5.74) is -2.55. The molecule has 2 amide bonds. The van der Waals surface area contributed by atoms with Gasteiger partial charge in [-0.3, -0.25) is 24.5 Å². The van der Waals surface area contributed by atoms with Crippen LogP contribution in [0.2, 0.25) is 0 Å². The van der Waals surface area contributed by atoms with E-state index in [0.717, 1.165) is 4.90 Å². The van der Waals surface area contributed by atoms with E-state index in [4.69, 9.17) is 0 Å². The average molecular weight is 445 g/mol. The monoisotopic (exact) mass is 445 g/mol. The van der Waals surface area contributed by atoms with E-state index in [-0.39, 0.29) is 18.8 Å². The molecule has 1 aliphatic rings. The molecule has 1 aromatic carbocycles. The van der Waals surface area contributed by atoms with Gasteiger partial charge in [-0.1, -0.05) is 12.1 Å². The minimum Gasteiger partial charge on any atom is -0.501 e. The number of nitrogens with zero attached hydrogens (tertiary/aromatic N) is 3. The van der Waals surface area contributed by atoms with Crippen molar-refractivity contribution in [2.45, 2.75) is 24.9 Å². The topological polar surface area (TPSA) is 136 Å². The summed E-state index contributed by atoms with van der Waals surface area (Å²) in [5, 5.41) is 13.2. The van der Waals surface area contributed by atoms with Gasteiger partial charge in [-0.2, -0.15) is 0 Å². The van der Waals surface area contributed by atoms with Crippen LogP contribution < -0.4 is 10.9 Å². The van der Waals surface area contributed by atoms with E-state index in [0.29, 0.717) is 18.5 Å². The maximum atomic E-state index is 13.1. The maximum absolute atomic E-state index is 13.1. The number of H-pyrrole nitrogens is 1. The molecule has 1 aliphatic heterocycles. The summed E-state index contributed by atoms with van der Waals surface area (Å²) < 4.78 is 13.1. The molecule has 11 heteroatoms. The molecule has 0 spiro atoms. The molecule has 170 valence electrons. The molecule has 10 nitrogen and oxygen atoms in total. The highest BCUT2D eigenvalue weighted by atomic mass is 19.1. The van der Waals surface area contributed by atoms with Gasteiger partial charge in [-0.25, -0.2) is 9.37 Å². The lowest BCUT2D eigenvalue weighted by molar-refractivity contribution is -0.146. The second kappa shape index (κ2) is 8.87. The van der Waals surface area contributed by atoms with Crippen LogP contribution in [0.25, 0.3) is 0 Å². The number of amides is 2. The number of carbonyl (C=O) groups excluding carboxylic acids is 3. The first-order valence-corrected chi connectivity index (χ1v) is 9.91. The summed E-state index contributed by atoms with van der Waals surface area (Å²) in [7, 11) is 4.28. The van der Waals surface area contributed by atoms with Gasteiger partial charge in [-0.05, 0) is 37.1 Å². The van der Waals surface area contributed by atoms with Crippen LogP contribution in [0.5, 0.6) is 5.75 Å². The van der Waals surface area contributed by atoms with Gasteiger partial charge in [0.05, 0.1) is 0 Å². The van der Waals surface area contributed by atoms with E-state index in [1.165, 1.54) is 50.3 Å². The molecular weight excluding hydrogens is 421 g/mol. The van der Waals surface area contributed by atoms with Crippen LogP contribution in [0.1, 0.15) is 34.7 Å². The van der Waals surface area contributed by atoms with Crippen LogP contribution in [0.3, 0.4) is 0 Å². The third kappa shape index (κ3) is 4.24. The van der Waals surface area contributed by atoms with Crippen LogP contribution in [0.15, 0.2) is 29.1 Å².